The predicted molar refractivity (Wildman–Crippen MR) is 175 cm³/mol. The summed E-state index contributed by atoms with van der Waals surface area (Å²) in [6, 6.07) is 6.00. The van der Waals surface area contributed by atoms with Crippen LogP contribution >= 0.6 is 0 Å². The van der Waals surface area contributed by atoms with E-state index in [0.29, 0.717) is 24.3 Å². The van der Waals surface area contributed by atoms with Crippen LogP contribution in [0.15, 0.2) is 37.4 Å². The number of carbonyl (C=O) groups is 2. The number of nitrogens with one attached hydrogen (secondary N) is 2. The Bertz CT molecular complexity index is 1950. The second kappa shape index (κ2) is 12.3. The summed E-state index contributed by atoms with van der Waals surface area (Å²) in [5.41, 5.74) is 13.0. The molecule has 9 nitrogen and oxygen atoms in total. The lowest BCUT2D eigenvalue weighted by Crippen LogP contribution is -2.02. The van der Waals surface area contributed by atoms with E-state index in [4.69, 9.17) is 24.4 Å². The summed E-state index contributed by atoms with van der Waals surface area (Å²) in [6.45, 7) is 16.1. The molecule has 0 unspecified atom stereocenters. The van der Waals surface area contributed by atoms with E-state index in [2.05, 4.69) is 23.1 Å². The number of carbonyl (C=O) groups excluding carboxylic acids is 2. The van der Waals surface area contributed by atoms with Gasteiger partial charge in [-0.3, -0.25) is 9.59 Å². The molecule has 2 aliphatic heterocycles. The molecule has 0 atom stereocenters. The summed E-state index contributed by atoms with van der Waals surface area (Å²) in [7, 11) is 2.78. The third-order valence-electron chi connectivity index (χ3n) is 8.48. The first-order chi connectivity index (χ1) is 21.1. The van der Waals surface area contributed by atoms with E-state index in [1.54, 1.807) is 12.2 Å². The summed E-state index contributed by atoms with van der Waals surface area (Å²) in [5, 5.41) is 0. The number of esters is 2. The molecule has 44 heavy (non-hydrogen) atoms. The molecule has 2 N–H and O–H groups in total. The van der Waals surface area contributed by atoms with Crippen LogP contribution in [0.3, 0.4) is 0 Å². The zero-order chi connectivity index (χ0) is 31.7. The van der Waals surface area contributed by atoms with Gasteiger partial charge in [0.2, 0.25) is 0 Å². The normalized spacial score (nSPS) is 12.9. The number of methoxy groups -OCH3 is 2. The van der Waals surface area contributed by atoms with Crippen LogP contribution < -0.4 is 0 Å². The number of fused-ring (bicyclic) bond motifs is 8. The lowest BCUT2D eigenvalue weighted by molar-refractivity contribution is -0.141. The quantitative estimate of drug-likeness (QED) is 0.269. The number of ether oxygens (including phenoxy) is 2. The van der Waals surface area contributed by atoms with Crippen LogP contribution in [-0.4, -0.2) is 51.1 Å². The number of hydrogen-bond donors (Lipinski definition) is 2. The van der Waals surface area contributed by atoms with E-state index in [9.17, 15) is 9.59 Å². The van der Waals surface area contributed by atoms with Gasteiger partial charge in [0.15, 0.2) is 5.82 Å². The van der Waals surface area contributed by atoms with Crippen molar-refractivity contribution in [3.05, 3.63) is 82.6 Å². The smallest absolute Gasteiger partial charge is 0.305 e. The van der Waals surface area contributed by atoms with Crippen molar-refractivity contribution in [3.63, 3.8) is 0 Å². The number of aryl methyl sites for hydroxylation is 3. The summed E-state index contributed by atoms with van der Waals surface area (Å²) >= 11 is 0. The summed E-state index contributed by atoms with van der Waals surface area (Å²) in [6.07, 6.45) is 4.98. The van der Waals surface area contributed by atoms with Gasteiger partial charge in [-0.25, -0.2) is 15.0 Å². The van der Waals surface area contributed by atoms with Gasteiger partial charge in [0.25, 0.3) is 0 Å². The van der Waals surface area contributed by atoms with Crippen LogP contribution in [0.25, 0.3) is 50.6 Å². The largest absolute Gasteiger partial charge is 0.469 e. The second-order valence-corrected chi connectivity index (χ2v) is 10.9. The Balaban J connectivity index is 1.90. The molecule has 0 saturated carbocycles. The first-order valence-corrected chi connectivity index (χ1v) is 14.5. The molecule has 2 aliphatic rings. The molecule has 9 heteroatoms. The lowest BCUT2D eigenvalue weighted by atomic mass is 10.0. The van der Waals surface area contributed by atoms with Crippen molar-refractivity contribution in [2.24, 2.45) is 0 Å². The summed E-state index contributed by atoms with van der Waals surface area (Å²) < 4.78 is 9.87. The Morgan fingerprint density at radius 1 is 0.750 bits per heavy atom. The van der Waals surface area contributed by atoms with Gasteiger partial charge >= 0.3 is 11.9 Å². The molecule has 5 heterocycles. The number of aromatic nitrogens is 5. The van der Waals surface area contributed by atoms with Gasteiger partial charge in [-0.2, -0.15) is 0 Å². The zero-order valence-electron chi connectivity index (χ0n) is 26.1. The number of hydrogen-bond acceptors (Lipinski definition) is 7. The molecule has 0 aliphatic carbocycles. The maximum absolute atomic E-state index is 12.1. The third-order valence-corrected chi connectivity index (χ3v) is 8.48. The number of allylic oxidation sites excluding steroid dienone is 5. The molecule has 0 amide bonds. The van der Waals surface area contributed by atoms with E-state index in [0.717, 1.165) is 78.2 Å². The topological polar surface area (TPSA) is 123 Å². The van der Waals surface area contributed by atoms with Crippen LogP contribution in [0.5, 0.6) is 0 Å². The van der Waals surface area contributed by atoms with Crippen LogP contribution in [0.1, 0.15) is 78.3 Å². The van der Waals surface area contributed by atoms with Crippen molar-refractivity contribution in [2.45, 2.75) is 53.4 Å². The average Bonchev–Trinajstić information content (AvgIpc) is 3.67. The molecule has 226 valence electrons. The predicted octanol–water partition coefficient (Wildman–Crippen LogP) is 7.08. The monoisotopic (exact) mass is 591 g/mol. The summed E-state index contributed by atoms with van der Waals surface area (Å²) in [4.78, 5) is 46.2. The number of aromatic amines is 2. The van der Waals surface area contributed by atoms with Crippen molar-refractivity contribution in [2.75, 3.05) is 14.2 Å². The Morgan fingerprint density at radius 2 is 1.39 bits per heavy atom. The molecular weight excluding hydrogens is 554 g/mol. The minimum absolute atomic E-state index is 0.223. The van der Waals surface area contributed by atoms with Gasteiger partial charge in [-0.15, -0.1) is 0 Å². The third kappa shape index (κ3) is 5.53. The molecule has 0 aromatic carbocycles. The van der Waals surface area contributed by atoms with Crippen LogP contribution in [0.4, 0.5) is 0 Å². The number of rotatable bonds is 8. The standard InChI is InChI=1S/C35H37N5O4/c1-9-22-21(6)34-39-29(22)16-27-20(5)25(12-14-33(42)44-8)31(37-27)17-30-24(11-13-32(41)43-7)19(4)26(36-30)15-28-18(3)23(10-2)35(38-28)40-34/h9-10,15-17,37H,1-2,11-14H2,3-8H3,(H,38,39,40). The van der Waals surface area contributed by atoms with E-state index in [1.807, 2.05) is 45.9 Å². The first kappa shape index (κ1) is 30.4. The van der Waals surface area contributed by atoms with Crippen LogP contribution in [0, 0.1) is 13.8 Å². The molecule has 8 bridgehead atoms. The van der Waals surface area contributed by atoms with Gasteiger partial charge in [0.05, 0.1) is 31.3 Å². The maximum atomic E-state index is 12.1. The average molecular weight is 592 g/mol. The van der Waals surface area contributed by atoms with E-state index in [-0.39, 0.29) is 24.8 Å². The Hall–Kier alpha value is -5.05. The fourth-order valence-corrected chi connectivity index (χ4v) is 5.79. The van der Waals surface area contributed by atoms with Crippen molar-refractivity contribution in [1.82, 2.24) is 24.9 Å². The Kier molecular flexibility index (Phi) is 8.49. The minimum atomic E-state index is -0.288. The molecule has 0 fully saturated rings. The molecule has 3 aromatic heterocycles. The van der Waals surface area contributed by atoms with Gasteiger partial charge < -0.3 is 19.4 Å². The number of H-pyrrole nitrogens is 2. The highest BCUT2D eigenvalue weighted by molar-refractivity contribution is 5.97. The van der Waals surface area contributed by atoms with Crippen molar-refractivity contribution < 1.29 is 19.1 Å². The van der Waals surface area contributed by atoms with Crippen molar-refractivity contribution >= 4 is 62.5 Å². The second-order valence-electron chi connectivity index (χ2n) is 10.9. The highest BCUT2D eigenvalue weighted by atomic mass is 16.5. The van der Waals surface area contributed by atoms with Gasteiger partial charge in [-0.05, 0) is 86.6 Å². The SMILES string of the molecule is C=CC1=C(C)c2nc1cc1[nH]c(cc3nc(cc4[nH]c(n2)c(C=C)c4C)C(C)=C3CCC(=O)OC)c(CCC(=O)OC)c1C. The van der Waals surface area contributed by atoms with Crippen molar-refractivity contribution in [3.8, 4) is 0 Å². The summed E-state index contributed by atoms with van der Waals surface area (Å²) in [5.74, 6) is 0.0148. The van der Waals surface area contributed by atoms with Gasteiger partial charge in [0, 0.05) is 46.1 Å². The number of nitrogens with zero attached hydrogens (tertiary/aromatic N) is 3. The molecule has 0 radical (unpaired) electrons. The van der Waals surface area contributed by atoms with Crippen molar-refractivity contribution in [1.29, 1.82) is 0 Å². The molecule has 3 aromatic rings. The van der Waals surface area contributed by atoms with Gasteiger partial charge in [0.1, 0.15) is 5.65 Å². The first-order valence-electron chi connectivity index (χ1n) is 14.5. The van der Waals surface area contributed by atoms with Crippen LogP contribution in [-0.2, 0) is 25.5 Å². The maximum Gasteiger partial charge on any atom is 0.305 e. The van der Waals surface area contributed by atoms with E-state index in [1.165, 1.54) is 14.2 Å². The fraction of sp³-hybridized carbons (Fsp3) is 0.286. The zero-order valence-corrected chi connectivity index (χ0v) is 26.1. The Morgan fingerprint density at radius 3 is 2.05 bits per heavy atom. The highest BCUT2D eigenvalue weighted by Gasteiger charge is 2.21. The molecule has 0 spiro atoms. The fourth-order valence-electron chi connectivity index (χ4n) is 5.79. The van der Waals surface area contributed by atoms with E-state index < -0.39 is 0 Å². The minimum Gasteiger partial charge on any atom is -0.469 e. The van der Waals surface area contributed by atoms with Crippen LogP contribution in [0.2, 0.25) is 0 Å². The molecule has 0 saturated heterocycles. The van der Waals surface area contributed by atoms with E-state index >= 15 is 0 Å². The lowest BCUT2D eigenvalue weighted by Gasteiger charge is -2.04. The molecule has 5 rings (SSSR count). The highest BCUT2D eigenvalue weighted by Crippen LogP contribution is 2.36. The Labute approximate surface area is 256 Å². The molecular formula is C35H37N5O4. The van der Waals surface area contributed by atoms with Gasteiger partial charge in [-0.1, -0.05) is 25.3 Å².